The van der Waals surface area contributed by atoms with Crippen molar-refractivity contribution in [3.63, 3.8) is 0 Å². The number of rotatable bonds is 8. The molecule has 0 spiro atoms. The topological polar surface area (TPSA) is 83.8 Å². The fourth-order valence-electron chi connectivity index (χ4n) is 3.75. The third kappa shape index (κ3) is 5.28. The van der Waals surface area contributed by atoms with Gasteiger partial charge in [0.25, 0.3) is 0 Å². The second-order valence-electron chi connectivity index (χ2n) is 7.94. The van der Waals surface area contributed by atoms with Gasteiger partial charge in [-0.05, 0) is 36.2 Å². The van der Waals surface area contributed by atoms with Crippen LogP contribution in [0.1, 0.15) is 34.0 Å². The molecule has 0 aliphatic heterocycles. The molecule has 0 radical (unpaired) electrons. The van der Waals surface area contributed by atoms with Crippen LogP contribution < -0.4 is 10.5 Å². The number of nitrogens with two attached hydrogens (primary N) is 1. The lowest BCUT2D eigenvalue weighted by Crippen LogP contribution is -2.14. The van der Waals surface area contributed by atoms with E-state index in [1.54, 1.807) is 24.2 Å². The zero-order chi connectivity index (χ0) is 24.3. The van der Waals surface area contributed by atoms with Crippen molar-refractivity contribution in [2.75, 3.05) is 13.7 Å². The van der Waals surface area contributed by atoms with Gasteiger partial charge in [0.05, 0.1) is 36.9 Å². The highest BCUT2D eigenvalue weighted by atomic mass is 19.4. The Bertz CT molecular complexity index is 1280. The number of nitrogens with zero attached hydrogens (tertiary/aromatic N) is 5. The van der Waals surface area contributed by atoms with Crippen LogP contribution >= 0.6 is 0 Å². The molecule has 7 nitrogen and oxygen atoms in total. The van der Waals surface area contributed by atoms with Crippen LogP contribution in [-0.2, 0) is 25.6 Å². The Morgan fingerprint density at radius 3 is 2.53 bits per heavy atom. The Labute approximate surface area is 195 Å². The van der Waals surface area contributed by atoms with Gasteiger partial charge >= 0.3 is 6.18 Å². The third-order valence-electron chi connectivity index (χ3n) is 5.35. The molecule has 0 amide bonds. The summed E-state index contributed by atoms with van der Waals surface area (Å²) < 4.78 is 48.4. The van der Waals surface area contributed by atoms with Crippen molar-refractivity contribution in [2.45, 2.75) is 32.5 Å². The summed E-state index contributed by atoms with van der Waals surface area (Å²) in [5.74, 6) is 1.81. The van der Waals surface area contributed by atoms with E-state index in [9.17, 15) is 13.2 Å². The second kappa shape index (κ2) is 9.68. The lowest BCUT2D eigenvalue weighted by atomic mass is 10.1. The number of benzene rings is 2. The fraction of sp³-hybridized carbons (Fsp3) is 0.292. The Balaban J connectivity index is 1.58. The van der Waals surface area contributed by atoms with Crippen LogP contribution in [0.25, 0.3) is 5.69 Å². The molecule has 0 saturated carbocycles. The molecule has 2 N–H and O–H groups in total. The molecule has 10 heteroatoms. The number of halogens is 3. The van der Waals surface area contributed by atoms with Crippen molar-refractivity contribution in [1.82, 2.24) is 24.3 Å². The molecule has 0 aliphatic carbocycles. The smallest absolute Gasteiger partial charge is 0.416 e. The summed E-state index contributed by atoms with van der Waals surface area (Å²) in [5.41, 5.74) is 8.23. The minimum Gasteiger partial charge on any atom is -0.495 e. The Morgan fingerprint density at radius 1 is 1.06 bits per heavy atom. The molecule has 178 valence electrons. The minimum absolute atomic E-state index is 0.221. The van der Waals surface area contributed by atoms with E-state index in [4.69, 9.17) is 10.5 Å². The fourth-order valence-corrected chi connectivity index (χ4v) is 3.75. The molecule has 0 fully saturated rings. The highest BCUT2D eigenvalue weighted by Crippen LogP contribution is 2.30. The Morgan fingerprint density at radius 2 is 1.85 bits per heavy atom. The van der Waals surface area contributed by atoms with E-state index < -0.39 is 11.7 Å². The van der Waals surface area contributed by atoms with E-state index in [1.165, 1.54) is 6.07 Å². The number of methoxy groups -OCH3 is 1. The van der Waals surface area contributed by atoms with E-state index in [1.807, 2.05) is 35.9 Å². The molecule has 0 bridgehead atoms. The largest absolute Gasteiger partial charge is 0.495 e. The first kappa shape index (κ1) is 23.5. The maximum Gasteiger partial charge on any atom is 0.416 e. The van der Waals surface area contributed by atoms with Crippen LogP contribution in [0.5, 0.6) is 5.75 Å². The van der Waals surface area contributed by atoms with Gasteiger partial charge in [-0.15, -0.1) is 0 Å². The van der Waals surface area contributed by atoms with Gasteiger partial charge in [-0.1, -0.05) is 24.3 Å². The SMILES string of the molecule is COc1cc(Cc2nc(Cc3cccc(C(F)(F)F)c3)n(CCN)n2)ccc1-n1cnc(C)c1. The highest BCUT2D eigenvalue weighted by molar-refractivity contribution is 5.49. The van der Waals surface area contributed by atoms with Crippen molar-refractivity contribution in [3.05, 3.63) is 89.0 Å². The molecule has 34 heavy (non-hydrogen) atoms. The predicted molar refractivity (Wildman–Crippen MR) is 121 cm³/mol. The lowest BCUT2D eigenvalue weighted by Gasteiger charge is -2.10. The van der Waals surface area contributed by atoms with Crippen LogP contribution in [-0.4, -0.2) is 38.0 Å². The molecule has 4 rings (SSSR count). The summed E-state index contributed by atoms with van der Waals surface area (Å²) in [5, 5.41) is 4.55. The summed E-state index contributed by atoms with van der Waals surface area (Å²) in [6.45, 7) is 2.67. The van der Waals surface area contributed by atoms with Gasteiger partial charge in [-0.3, -0.25) is 0 Å². The Kier molecular flexibility index (Phi) is 6.69. The number of imidazole rings is 1. The summed E-state index contributed by atoms with van der Waals surface area (Å²) in [7, 11) is 1.60. The van der Waals surface area contributed by atoms with Gasteiger partial charge in [0.2, 0.25) is 0 Å². The summed E-state index contributed by atoms with van der Waals surface area (Å²) in [6.07, 6.45) is -0.102. The van der Waals surface area contributed by atoms with E-state index in [-0.39, 0.29) is 6.42 Å². The summed E-state index contributed by atoms with van der Waals surface area (Å²) in [4.78, 5) is 8.86. The van der Waals surface area contributed by atoms with E-state index in [0.29, 0.717) is 42.5 Å². The zero-order valence-corrected chi connectivity index (χ0v) is 18.9. The summed E-state index contributed by atoms with van der Waals surface area (Å²) in [6, 6.07) is 11.1. The average molecular weight is 470 g/mol. The second-order valence-corrected chi connectivity index (χ2v) is 7.94. The molecular weight excluding hydrogens is 445 g/mol. The number of aromatic nitrogens is 5. The van der Waals surface area contributed by atoms with Crippen LogP contribution in [0.4, 0.5) is 13.2 Å². The van der Waals surface area contributed by atoms with E-state index in [0.717, 1.165) is 29.1 Å². The van der Waals surface area contributed by atoms with Gasteiger partial charge in [0.1, 0.15) is 11.6 Å². The van der Waals surface area contributed by atoms with Gasteiger partial charge < -0.3 is 15.0 Å². The van der Waals surface area contributed by atoms with Crippen molar-refractivity contribution < 1.29 is 17.9 Å². The number of aryl methyl sites for hydroxylation is 1. The molecule has 0 unspecified atom stereocenters. The Hall–Kier alpha value is -3.66. The number of hydrogen-bond acceptors (Lipinski definition) is 5. The predicted octanol–water partition coefficient (Wildman–Crippen LogP) is 3.94. The van der Waals surface area contributed by atoms with Crippen molar-refractivity contribution in [3.8, 4) is 11.4 Å². The van der Waals surface area contributed by atoms with Gasteiger partial charge in [-0.25, -0.2) is 14.6 Å². The average Bonchev–Trinajstić information content (AvgIpc) is 3.39. The van der Waals surface area contributed by atoms with Crippen molar-refractivity contribution in [1.29, 1.82) is 0 Å². The zero-order valence-electron chi connectivity index (χ0n) is 18.9. The van der Waals surface area contributed by atoms with Crippen molar-refractivity contribution in [2.24, 2.45) is 5.73 Å². The number of ether oxygens (including phenoxy) is 1. The quantitative estimate of drug-likeness (QED) is 0.422. The van der Waals surface area contributed by atoms with Gasteiger partial charge in [0, 0.05) is 25.6 Å². The minimum atomic E-state index is -4.40. The van der Waals surface area contributed by atoms with Crippen molar-refractivity contribution >= 4 is 0 Å². The number of alkyl halides is 3. The maximum atomic E-state index is 13.1. The molecule has 0 saturated heterocycles. The molecule has 2 heterocycles. The molecule has 2 aromatic carbocycles. The van der Waals surface area contributed by atoms with Crippen LogP contribution in [0.15, 0.2) is 55.0 Å². The van der Waals surface area contributed by atoms with Gasteiger partial charge in [-0.2, -0.15) is 18.3 Å². The van der Waals surface area contributed by atoms with Crippen LogP contribution in [0.3, 0.4) is 0 Å². The van der Waals surface area contributed by atoms with E-state index >= 15 is 0 Å². The highest BCUT2D eigenvalue weighted by Gasteiger charge is 2.30. The third-order valence-corrected chi connectivity index (χ3v) is 5.35. The molecule has 2 aromatic heterocycles. The molecular formula is C24H25F3N6O. The van der Waals surface area contributed by atoms with Gasteiger partial charge in [0.15, 0.2) is 5.82 Å². The maximum absolute atomic E-state index is 13.1. The van der Waals surface area contributed by atoms with Crippen LogP contribution in [0, 0.1) is 6.92 Å². The lowest BCUT2D eigenvalue weighted by molar-refractivity contribution is -0.137. The monoisotopic (exact) mass is 470 g/mol. The molecule has 4 aromatic rings. The first-order valence-electron chi connectivity index (χ1n) is 10.7. The van der Waals surface area contributed by atoms with Crippen LogP contribution in [0.2, 0.25) is 0 Å². The van der Waals surface area contributed by atoms with E-state index in [2.05, 4.69) is 15.1 Å². The first-order chi connectivity index (χ1) is 16.3. The molecule has 0 atom stereocenters. The standard InChI is InChI=1S/C24H25F3N6O/c1-16-14-32(15-29-16)20-7-6-18(11-21(20)34-2)12-22-30-23(33(31-22)9-8-28)13-17-4-3-5-19(10-17)24(25,26)27/h3-7,10-11,14-15H,8-9,12-13,28H2,1-2H3. The molecule has 0 aliphatic rings. The normalized spacial score (nSPS) is 11.7. The first-order valence-corrected chi connectivity index (χ1v) is 10.7. The summed E-state index contributed by atoms with van der Waals surface area (Å²) >= 11 is 0. The number of hydrogen-bond donors (Lipinski definition) is 1.